The van der Waals surface area contributed by atoms with Crippen molar-refractivity contribution < 1.29 is 4.79 Å². The maximum atomic E-state index is 12.5. The van der Waals surface area contributed by atoms with Gasteiger partial charge in [-0.3, -0.25) is 9.69 Å². The lowest BCUT2D eigenvalue weighted by Gasteiger charge is -2.22. The SMILES string of the molecule is Cc1ccc(NC(=O)CN2CCC[C@@H]2c2nc3ccccc3s2)cc1Cl. The van der Waals surface area contributed by atoms with Gasteiger partial charge in [-0.2, -0.15) is 0 Å². The number of nitrogens with zero attached hydrogens (tertiary/aromatic N) is 2. The van der Waals surface area contributed by atoms with Crippen molar-refractivity contribution in [2.75, 3.05) is 18.4 Å². The Morgan fingerprint density at radius 1 is 1.35 bits per heavy atom. The summed E-state index contributed by atoms with van der Waals surface area (Å²) >= 11 is 7.87. The largest absolute Gasteiger partial charge is 0.325 e. The highest BCUT2D eigenvalue weighted by Gasteiger charge is 2.30. The number of benzene rings is 2. The molecule has 1 aliphatic rings. The van der Waals surface area contributed by atoms with Crippen LogP contribution < -0.4 is 5.32 Å². The Kier molecular flexibility index (Phi) is 4.94. The molecule has 0 radical (unpaired) electrons. The third kappa shape index (κ3) is 3.61. The minimum atomic E-state index is -0.0158. The number of nitrogens with one attached hydrogen (secondary N) is 1. The molecule has 1 fully saturated rings. The normalized spacial score (nSPS) is 17.7. The zero-order valence-corrected chi connectivity index (χ0v) is 16.1. The van der Waals surface area contributed by atoms with Gasteiger partial charge in [0.15, 0.2) is 0 Å². The fourth-order valence-electron chi connectivity index (χ4n) is 3.38. The van der Waals surface area contributed by atoms with Crippen LogP contribution in [0.4, 0.5) is 5.69 Å². The van der Waals surface area contributed by atoms with E-state index in [-0.39, 0.29) is 11.9 Å². The van der Waals surface area contributed by atoms with Gasteiger partial charge in [0.25, 0.3) is 0 Å². The van der Waals surface area contributed by atoms with Gasteiger partial charge in [-0.25, -0.2) is 4.98 Å². The number of fused-ring (bicyclic) bond motifs is 1. The van der Waals surface area contributed by atoms with Crippen LogP contribution in [0.25, 0.3) is 10.2 Å². The molecule has 0 saturated carbocycles. The summed E-state index contributed by atoms with van der Waals surface area (Å²) in [5.74, 6) is -0.0158. The van der Waals surface area contributed by atoms with Gasteiger partial charge in [-0.1, -0.05) is 29.8 Å². The molecule has 4 nitrogen and oxygen atoms in total. The molecule has 0 bridgehead atoms. The lowest BCUT2D eigenvalue weighted by molar-refractivity contribution is -0.117. The molecule has 1 saturated heterocycles. The standard InChI is InChI=1S/C20H20ClN3OS/c1-13-8-9-14(11-15(13)21)22-19(25)12-24-10-4-6-17(24)20-23-16-5-2-3-7-18(16)26-20/h2-3,5,7-9,11,17H,4,6,10,12H2,1H3,(H,22,25)/t17-/m1/s1. The quantitative estimate of drug-likeness (QED) is 0.684. The van der Waals surface area contributed by atoms with Gasteiger partial charge in [-0.05, 0) is 56.1 Å². The van der Waals surface area contributed by atoms with Crippen LogP contribution in [0.5, 0.6) is 0 Å². The van der Waals surface area contributed by atoms with E-state index in [4.69, 9.17) is 16.6 Å². The molecule has 26 heavy (non-hydrogen) atoms. The van der Waals surface area contributed by atoms with Gasteiger partial charge in [-0.15, -0.1) is 11.3 Å². The van der Waals surface area contributed by atoms with Crippen LogP contribution in [0.2, 0.25) is 5.02 Å². The highest BCUT2D eigenvalue weighted by atomic mass is 35.5. The Labute approximate surface area is 161 Å². The summed E-state index contributed by atoms with van der Waals surface area (Å²) in [6.45, 7) is 3.23. The van der Waals surface area contributed by atoms with Gasteiger partial charge in [0.1, 0.15) is 5.01 Å². The highest BCUT2D eigenvalue weighted by molar-refractivity contribution is 7.18. The molecule has 2 heterocycles. The molecule has 1 aromatic heterocycles. The summed E-state index contributed by atoms with van der Waals surface area (Å²) in [6, 6.07) is 14.0. The first-order valence-electron chi connectivity index (χ1n) is 8.76. The molecule has 3 aromatic rings. The Balaban J connectivity index is 1.46. The first-order chi connectivity index (χ1) is 12.6. The molecule has 0 unspecified atom stereocenters. The lowest BCUT2D eigenvalue weighted by Crippen LogP contribution is -2.32. The fraction of sp³-hybridized carbons (Fsp3) is 0.300. The van der Waals surface area contributed by atoms with E-state index < -0.39 is 0 Å². The van der Waals surface area contributed by atoms with Gasteiger partial charge >= 0.3 is 0 Å². The summed E-state index contributed by atoms with van der Waals surface area (Å²) in [5.41, 5.74) is 2.78. The first kappa shape index (κ1) is 17.5. The second-order valence-electron chi connectivity index (χ2n) is 6.66. The Hall–Kier alpha value is -1.95. The van der Waals surface area contributed by atoms with Gasteiger partial charge in [0.05, 0.1) is 22.8 Å². The Morgan fingerprint density at radius 2 is 2.19 bits per heavy atom. The van der Waals surface area contributed by atoms with Crippen LogP contribution >= 0.6 is 22.9 Å². The van der Waals surface area contributed by atoms with Crippen molar-refractivity contribution in [3.63, 3.8) is 0 Å². The molecule has 1 atom stereocenters. The van der Waals surface area contributed by atoms with Gasteiger partial charge in [0, 0.05) is 10.7 Å². The zero-order chi connectivity index (χ0) is 18.1. The number of rotatable bonds is 4. The second kappa shape index (κ2) is 7.35. The van der Waals surface area contributed by atoms with E-state index in [9.17, 15) is 4.79 Å². The van der Waals surface area contributed by atoms with E-state index in [0.717, 1.165) is 41.2 Å². The number of amides is 1. The van der Waals surface area contributed by atoms with Crippen molar-refractivity contribution in [2.45, 2.75) is 25.8 Å². The number of halogens is 1. The molecular weight excluding hydrogens is 366 g/mol. The predicted molar refractivity (Wildman–Crippen MR) is 108 cm³/mol. The topological polar surface area (TPSA) is 45.2 Å². The zero-order valence-electron chi connectivity index (χ0n) is 14.5. The van der Waals surface area contributed by atoms with Crippen molar-refractivity contribution in [3.8, 4) is 0 Å². The van der Waals surface area contributed by atoms with Crippen LogP contribution in [0.3, 0.4) is 0 Å². The van der Waals surface area contributed by atoms with Crippen LogP contribution in [-0.4, -0.2) is 28.9 Å². The highest BCUT2D eigenvalue weighted by Crippen LogP contribution is 2.36. The van der Waals surface area contributed by atoms with E-state index in [1.54, 1.807) is 17.4 Å². The van der Waals surface area contributed by atoms with E-state index in [1.165, 1.54) is 4.70 Å². The number of thiazole rings is 1. The third-order valence-electron chi connectivity index (χ3n) is 4.76. The number of para-hydroxylation sites is 1. The molecule has 1 amide bonds. The Morgan fingerprint density at radius 3 is 3.00 bits per heavy atom. The van der Waals surface area contributed by atoms with Crippen LogP contribution in [0.15, 0.2) is 42.5 Å². The summed E-state index contributed by atoms with van der Waals surface area (Å²) in [7, 11) is 0. The van der Waals surface area contributed by atoms with Gasteiger partial charge in [0.2, 0.25) is 5.91 Å². The van der Waals surface area contributed by atoms with E-state index in [0.29, 0.717) is 11.6 Å². The lowest BCUT2D eigenvalue weighted by atomic mass is 10.2. The van der Waals surface area contributed by atoms with Crippen LogP contribution in [-0.2, 0) is 4.79 Å². The average Bonchev–Trinajstić information content (AvgIpc) is 3.24. The number of likely N-dealkylation sites (tertiary alicyclic amines) is 1. The summed E-state index contributed by atoms with van der Waals surface area (Å²) in [5, 5.41) is 4.72. The van der Waals surface area contributed by atoms with Crippen LogP contribution in [0.1, 0.15) is 29.5 Å². The summed E-state index contributed by atoms with van der Waals surface area (Å²) in [4.78, 5) is 19.5. The van der Waals surface area contributed by atoms with Crippen molar-refractivity contribution in [1.82, 2.24) is 9.88 Å². The van der Waals surface area contributed by atoms with Crippen molar-refractivity contribution in [3.05, 3.63) is 58.1 Å². The molecule has 4 rings (SSSR count). The summed E-state index contributed by atoms with van der Waals surface area (Å²) in [6.07, 6.45) is 2.13. The van der Waals surface area contributed by atoms with Crippen molar-refractivity contribution in [2.24, 2.45) is 0 Å². The Bertz CT molecular complexity index is 922. The minimum absolute atomic E-state index is 0.0158. The average molecular weight is 386 g/mol. The fourth-order valence-corrected chi connectivity index (χ4v) is 4.70. The van der Waals surface area contributed by atoms with Crippen molar-refractivity contribution in [1.29, 1.82) is 0 Å². The molecular formula is C20H20ClN3OS. The molecule has 2 aromatic carbocycles. The monoisotopic (exact) mass is 385 g/mol. The molecule has 0 spiro atoms. The molecule has 0 aliphatic carbocycles. The molecule has 6 heteroatoms. The minimum Gasteiger partial charge on any atom is -0.325 e. The number of hydrogen-bond donors (Lipinski definition) is 1. The molecule has 1 N–H and O–H groups in total. The number of anilines is 1. The molecule has 1 aliphatic heterocycles. The van der Waals surface area contributed by atoms with E-state index in [2.05, 4.69) is 16.3 Å². The van der Waals surface area contributed by atoms with E-state index in [1.807, 2.05) is 37.3 Å². The third-order valence-corrected chi connectivity index (χ3v) is 6.31. The maximum absolute atomic E-state index is 12.5. The van der Waals surface area contributed by atoms with E-state index >= 15 is 0 Å². The first-order valence-corrected chi connectivity index (χ1v) is 9.95. The number of aromatic nitrogens is 1. The number of hydrogen-bond acceptors (Lipinski definition) is 4. The maximum Gasteiger partial charge on any atom is 0.238 e. The number of carbonyl (C=O) groups excluding carboxylic acids is 1. The molecule has 134 valence electrons. The smallest absolute Gasteiger partial charge is 0.238 e. The predicted octanol–water partition coefficient (Wildman–Crippen LogP) is 5.03. The van der Waals surface area contributed by atoms with Crippen molar-refractivity contribution >= 4 is 44.7 Å². The number of carbonyl (C=O) groups is 1. The van der Waals surface area contributed by atoms with Gasteiger partial charge < -0.3 is 5.32 Å². The van der Waals surface area contributed by atoms with Crippen LogP contribution in [0, 0.1) is 6.92 Å². The number of aryl methyl sites for hydroxylation is 1. The second-order valence-corrected chi connectivity index (χ2v) is 8.13. The summed E-state index contributed by atoms with van der Waals surface area (Å²) < 4.78 is 1.20.